The van der Waals surface area contributed by atoms with E-state index in [2.05, 4.69) is 256 Å². The molecule has 0 heterocycles. The van der Waals surface area contributed by atoms with Crippen molar-refractivity contribution in [3.63, 3.8) is 0 Å². The van der Waals surface area contributed by atoms with E-state index >= 15 is 0 Å². The first-order valence-corrected chi connectivity index (χ1v) is 22.7. The van der Waals surface area contributed by atoms with Crippen LogP contribution in [0.5, 0.6) is 0 Å². The molecule has 0 saturated heterocycles. The van der Waals surface area contributed by atoms with Crippen molar-refractivity contribution in [2.75, 3.05) is 4.90 Å². The van der Waals surface area contributed by atoms with Gasteiger partial charge in [-0.05, 0) is 119 Å². The summed E-state index contributed by atoms with van der Waals surface area (Å²) in [5, 5.41) is 0. The van der Waals surface area contributed by atoms with E-state index in [0.29, 0.717) is 0 Å². The van der Waals surface area contributed by atoms with Crippen molar-refractivity contribution in [2.24, 2.45) is 0 Å². The minimum Gasteiger partial charge on any atom is -0.310 e. The molecule has 3 aliphatic rings. The number of fused-ring (bicyclic) bond motifs is 10. The summed E-state index contributed by atoms with van der Waals surface area (Å²) < 4.78 is 0. The topological polar surface area (TPSA) is 3.24 Å². The molecule has 1 heteroatoms. The standard InChI is InChI=1S/C64H47N/c1-4-21-49(44-24-9-6-10-25-44)61-54-30-14-19-34-58(54)64(56-32-17-12-28-51(56)52-29-13-18-33-57(52)64)62(61)45-36-38-46(39-37-45)65(60-35-20-15-26-48(60)43-22-7-5-8-23-43)47-40-41-53-50-27-11-16-31-55(50)63(2,3)59(53)42-47/h4-42H,1H2,2-3H3/b49-21-. The molecule has 308 valence electrons. The number of anilines is 3. The lowest BCUT2D eigenvalue weighted by atomic mass is 9.67. The molecule has 0 N–H and O–H groups in total. The molecule has 0 bridgehead atoms. The number of hydrogen-bond donors (Lipinski definition) is 0. The van der Waals surface area contributed by atoms with Gasteiger partial charge in [0, 0.05) is 22.4 Å². The van der Waals surface area contributed by atoms with Gasteiger partial charge in [-0.15, -0.1) is 0 Å². The Morgan fingerprint density at radius 3 is 1.52 bits per heavy atom. The maximum Gasteiger partial charge on any atom is 0.0731 e. The Morgan fingerprint density at radius 2 is 0.892 bits per heavy atom. The molecule has 0 radical (unpaired) electrons. The summed E-state index contributed by atoms with van der Waals surface area (Å²) in [5.74, 6) is 0. The van der Waals surface area contributed by atoms with Crippen molar-refractivity contribution in [2.45, 2.75) is 24.7 Å². The van der Waals surface area contributed by atoms with Gasteiger partial charge in [0.2, 0.25) is 0 Å². The molecule has 0 saturated carbocycles. The highest BCUT2D eigenvalue weighted by molar-refractivity contribution is 6.23. The van der Waals surface area contributed by atoms with Crippen LogP contribution in [0.3, 0.4) is 0 Å². The van der Waals surface area contributed by atoms with E-state index in [4.69, 9.17) is 0 Å². The molecule has 9 aromatic carbocycles. The number of allylic oxidation sites excluding steroid dienone is 5. The van der Waals surface area contributed by atoms with Crippen molar-refractivity contribution in [3.05, 3.63) is 288 Å². The first kappa shape index (κ1) is 38.7. The molecular weight excluding hydrogens is 783 g/mol. The van der Waals surface area contributed by atoms with E-state index in [0.717, 1.165) is 28.2 Å². The molecule has 0 unspecified atom stereocenters. The van der Waals surface area contributed by atoms with Gasteiger partial charge in [0.15, 0.2) is 0 Å². The van der Waals surface area contributed by atoms with Crippen LogP contribution in [0.15, 0.2) is 243 Å². The van der Waals surface area contributed by atoms with E-state index < -0.39 is 5.41 Å². The maximum atomic E-state index is 4.27. The summed E-state index contributed by atoms with van der Waals surface area (Å²) in [6.07, 6.45) is 4.15. The Morgan fingerprint density at radius 1 is 0.415 bits per heavy atom. The summed E-state index contributed by atoms with van der Waals surface area (Å²) in [6, 6.07) is 83.1. The van der Waals surface area contributed by atoms with Crippen molar-refractivity contribution < 1.29 is 0 Å². The molecule has 3 aliphatic carbocycles. The molecule has 0 aliphatic heterocycles. The van der Waals surface area contributed by atoms with Crippen LogP contribution < -0.4 is 4.90 Å². The lowest BCUT2D eigenvalue weighted by Gasteiger charge is -2.34. The third-order valence-corrected chi connectivity index (χ3v) is 14.3. The zero-order valence-corrected chi connectivity index (χ0v) is 36.7. The Bertz CT molecular complexity index is 3360. The zero-order valence-electron chi connectivity index (χ0n) is 36.7. The fraction of sp³-hybridized carbons (Fsp3) is 0.0625. The Hall–Kier alpha value is -8.00. The lowest BCUT2D eigenvalue weighted by molar-refractivity contribution is 0.660. The van der Waals surface area contributed by atoms with E-state index in [1.165, 1.54) is 83.5 Å². The SMILES string of the molecule is C=C/C=C(\C1=C(c2ccc(N(c3ccc4c(c3)C(C)(C)c3ccccc3-4)c3ccccc3-c3ccccc3)cc2)C2(c3ccccc31)c1ccccc1-c1ccccc12)c1ccccc1. The summed E-state index contributed by atoms with van der Waals surface area (Å²) >= 11 is 0. The second-order valence-electron chi connectivity index (χ2n) is 18.0. The van der Waals surface area contributed by atoms with E-state index in [9.17, 15) is 0 Å². The molecule has 0 atom stereocenters. The quantitative estimate of drug-likeness (QED) is 0.138. The highest BCUT2D eigenvalue weighted by Crippen LogP contribution is 2.66. The van der Waals surface area contributed by atoms with Gasteiger partial charge in [-0.2, -0.15) is 0 Å². The van der Waals surface area contributed by atoms with Gasteiger partial charge in [0.1, 0.15) is 0 Å². The molecule has 0 fully saturated rings. The minimum atomic E-state index is -0.560. The number of para-hydroxylation sites is 1. The smallest absolute Gasteiger partial charge is 0.0731 e. The number of hydrogen-bond acceptors (Lipinski definition) is 1. The predicted octanol–water partition coefficient (Wildman–Crippen LogP) is 16.6. The van der Waals surface area contributed by atoms with Gasteiger partial charge in [0.25, 0.3) is 0 Å². The van der Waals surface area contributed by atoms with Gasteiger partial charge in [-0.1, -0.05) is 227 Å². The molecule has 1 nitrogen and oxygen atoms in total. The zero-order chi connectivity index (χ0) is 43.7. The first-order valence-electron chi connectivity index (χ1n) is 22.7. The van der Waals surface area contributed by atoms with Gasteiger partial charge in [0.05, 0.1) is 11.1 Å². The van der Waals surface area contributed by atoms with Crippen molar-refractivity contribution >= 4 is 33.8 Å². The van der Waals surface area contributed by atoms with Crippen molar-refractivity contribution in [3.8, 4) is 33.4 Å². The molecule has 0 aromatic heterocycles. The van der Waals surface area contributed by atoms with E-state index in [1.54, 1.807) is 0 Å². The monoisotopic (exact) mass is 829 g/mol. The first-order chi connectivity index (χ1) is 32.0. The average Bonchev–Trinajstić information content (AvgIpc) is 3.92. The van der Waals surface area contributed by atoms with Gasteiger partial charge >= 0.3 is 0 Å². The fourth-order valence-corrected chi connectivity index (χ4v) is 11.5. The van der Waals surface area contributed by atoms with Crippen LogP contribution in [0.2, 0.25) is 0 Å². The number of nitrogens with zero attached hydrogens (tertiary/aromatic N) is 1. The number of rotatable bonds is 8. The third-order valence-electron chi connectivity index (χ3n) is 14.3. The second-order valence-corrected chi connectivity index (χ2v) is 18.0. The summed E-state index contributed by atoms with van der Waals surface area (Å²) in [5.41, 5.74) is 24.1. The van der Waals surface area contributed by atoms with Crippen LogP contribution in [0.25, 0.3) is 50.1 Å². The van der Waals surface area contributed by atoms with Crippen LogP contribution in [0.1, 0.15) is 58.4 Å². The van der Waals surface area contributed by atoms with Crippen LogP contribution in [0, 0.1) is 0 Å². The Kier molecular flexibility index (Phi) is 8.97. The molecule has 9 aromatic rings. The van der Waals surface area contributed by atoms with Crippen molar-refractivity contribution in [1.29, 1.82) is 0 Å². The minimum absolute atomic E-state index is 0.144. The van der Waals surface area contributed by atoms with E-state index in [-0.39, 0.29) is 5.41 Å². The normalized spacial score (nSPS) is 14.6. The van der Waals surface area contributed by atoms with Crippen LogP contribution >= 0.6 is 0 Å². The highest BCUT2D eigenvalue weighted by atomic mass is 15.1. The maximum absolute atomic E-state index is 4.27. The third kappa shape index (κ3) is 5.72. The molecule has 12 rings (SSSR count). The largest absolute Gasteiger partial charge is 0.310 e. The summed E-state index contributed by atoms with van der Waals surface area (Å²) in [7, 11) is 0. The molecule has 1 spiro atoms. The summed E-state index contributed by atoms with van der Waals surface area (Å²) in [4.78, 5) is 2.47. The van der Waals surface area contributed by atoms with Gasteiger partial charge < -0.3 is 4.90 Å². The molecule has 65 heavy (non-hydrogen) atoms. The predicted molar refractivity (Wildman–Crippen MR) is 274 cm³/mol. The van der Waals surface area contributed by atoms with Gasteiger partial charge in [-0.3, -0.25) is 0 Å². The van der Waals surface area contributed by atoms with Crippen molar-refractivity contribution in [1.82, 2.24) is 0 Å². The van der Waals surface area contributed by atoms with Crippen LogP contribution in [-0.4, -0.2) is 0 Å². The summed E-state index contributed by atoms with van der Waals surface area (Å²) in [6.45, 7) is 9.00. The molecular formula is C64H47N. The lowest BCUT2D eigenvalue weighted by Crippen LogP contribution is -2.26. The Labute approximate surface area is 382 Å². The molecule has 0 amide bonds. The highest BCUT2D eigenvalue weighted by Gasteiger charge is 2.53. The Balaban J connectivity index is 1.12. The second kappa shape index (κ2) is 15.1. The number of benzene rings is 9. The van der Waals surface area contributed by atoms with E-state index in [1.807, 2.05) is 6.08 Å². The fourth-order valence-electron chi connectivity index (χ4n) is 11.5. The average molecular weight is 830 g/mol. The van der Waals surface area contributed by atoms with Crippen LogP contribution in [-0.2, 0) is 10.8 Å². The van der Waals surface area contributed by atoms with Crippen LogP contribution in [0.4, 0.5) is 17.1 Å². The van der Waals surface area contributed by atoms with Gasteiger partial charge in [-0.25, -0.2) is 0 Å².